The van der Waals surface area contributed by atoms with Crippen LogP contribution >= 0.6 is 0 Å². The van der Waals surface area contributed by atoms with Crippen LogP contribution in [0.1, 0.15) is 39.0 Å². The van der Waals surface area contributed by atoms with E-state index in [9.17, 15) is 18.0 Å². The maximum Gasteiger partial charge on any atom is 0.416 e. The number of halogens is 3. The van der Waals surface area contributed by atoms with Crippen LogP contribution in [0.25, 0.3) is 11.3 Å². The van der Waals surface area contributed by atoms with Crippen molar-refractivity contribution in [3.05, 3.63) is 88.6 Å². The van der Waals surface area contributed by atoms with Gasteiger partial charge in [-0.15, -0.1) is 0 Å². The van der Waals surface area contributed by atoms with Crippen molar-refractivity contribution < 1.29 is 23.1 Å². The lowest BCUT2D eigenvalue weighted by atomic mass is 9.99. The van der Waals surface area contributed by atoms with Gasteiger partial charge in [0.05, 0.1) is 11.3 Å². The van der Waals surface area contributed by atoms with Crippen molar-refractivity contribution in [2.75, 3.05) is 13.2 Å². The average molecular weight is 428 g/mol. The summed E-state index contributed by atoms with van der Waals surface area (Å²) in [5.41, 5.74) is 3.56. The first-order valence-electron chi connectivity index (χ1n) is 9.89. The van der Waals surface area contributed by atoms with Crippen LogP contribution in [-0.4, -0.2) is 29.1 Å². The van der Waals surface area contributed by atoms with E-state index >= 15 is 0 Å². The fraction of sp³-hybridized carbons (Fsp3) is 0.250. The topological polar surface area (TPSA) is 62.2 Å². The second-order valence-electron chi connectivity index (χ2n) is 7.29. The first-order valence-corrected chi connectivity index (χ1v) is 9.89. The van der Waals surface area contributed by atoms with E-state index in [-0.39, 0.29) is 12.5 Å². The van der Waals surface area contributed by atoms with E-state index in [1.807, 2.05) is 19.1 Å². The van der Waals surface area contributed by atoms with Crippen LogP contribution in [-0.2, 0) is 12.6 Å². The highest BCUT2D eigenvalue weighted by molar-refractivity contribution is 5.96. The summed E-state index contributed by atoms with van der Waals surface area (Å²) in [6.07, 6.45) is -1.90. The van der Waals surface area contributed by atoms with Crippen LogP contribution in [0.3, 0.4) is 0 Å². The molecule has 0 saturated heterocycles. The molecule has 162 valence electrons. The van der Waals surface area contributed by atoms with E-state index in [0.717, 1.165) is 28.8 Å². The van der Waals surface area contributed by atoms with Gasteiger partial charge in [0.25, 0.3) is 5.91 Å². The quantitative estimate of drug-likeness (QED) is 0.533. The van der Waals surface area contributed by atoms with Crippen molar-refractivity contribution in [3.63, 3.8) is 0 Å². The Labute approximate surface area is 178 Å². The van der Waals surface area contributed by atoms with Crippen LogP contribution in [0.5, 0.6) is 0 Å². The first-order chi connectivity index (χ1) is 14.8. The van der Waals surface area contributed by atoms with Gasteiger partial charge in [0.2, 0.25) is 0 Å². The van der Waals surface area contributed by atoms with E-state index in [2.05, 4.69) is 10.3 Å². The van der Waals surface area contributed by atoms with Gasteiger partial charge < -0.3 is 10.4 Å². The number of hydrogen-bond donors (Lipinski definition) is 2. The predicted molar refractivity (Wildman–Crippen MR) is 113 cm³/mol. The number of aromatic nitrogens is 1. The van der Waals surface area contributed by atoms with Gasteiger partial charge in [0.1, 0.15) is 0 Å². The zero-order valence-electron chi connectivity index (χ0n) is 17.0. The minimum Gasteiger partial charge on any atom is -0.396 e. The third kappa shape index (κ3) is 5.92. The highest BCUT2D eigenvalue weighted by Gasteiger charge is 2.30. The Morgan fingerprint density at radius 2 is 1.84 bits per heavy atom. The van der Waals surface area contributed by atoms with Crippen molar-refractivity contribution in [3.8, 4) is 11.3 Å². The average Bonchev–Trinajstić information content (AvgIpc) is 2.73. The normalized spacial score (nSPS) is 11.4. The molecule has 0 saturated carbocycles. The van der Waals surface area contributed by atoms with E-state index in [4.69, 9.17) is 5.11 Å². The monoisotopic (exact) mass is 428 g/mol. The van der Waals surface area contributed by atoms with Crippen molar-refractivity contribution in [1.82, 2.24) is 10.3 Å². The minimum atomic E-state index is -4.37. The lowest BCUT2D eigenvalue weighted by Crippen LogP contribution is -2.25. The Kier molecular flexibility index (Phi) is 7.07. The maximum atomic E-state index is 13.0. The number of carbonyl (C=O) groups is 1. The molecule has 0 aliphatic rings. The van der Waals surface area contributed by atoms with Gasteiger partial charge in [-0.2, -0.15) is 13.2 Å². The second-order valence-corrected chi connectivity index (χ2v) is 7.29. The summed E-state index contributed by atoms with van der Waals surface area (Å²) in [5.74, 6) is -0.205. The zero-order valence-corrected chi connectivity index (χ0v) is 17.0. The number of rotatable bonds is 7. The fourth-order valence-electron chi connectivity index (χ4n) is 3.29. The molecule has 7 heteroatoms. The maximum absolute atomic E-state index is 13.0. The third-order valence-corrected chi connectivity index (χ3v) is 4.87. The minimum absolute atomic E-state index is 0.0146. The van der Waals surface area contributed by atoms with E-state index in [0.29, 0.717) is 36.2 Å². The van der Waals surface area contributed by atoms with Crippen molar-refractivity contribution in [1.29, 1.82) is 0 Å². The van der Waals surface area contributed by atoms with Crippen LogP contribution in [0.4, 0.5) is 13.2 Å². The zero-order chi connectivity index (χ0) is 22.4. The molecule has 0 atom stereocenters. The largest absolute Gasteiger partial charge is 0.416 e. The Morgan fingerprint density at radius 3 is 2.55 bits per heavy atom. The Bertz CT molecular complexity index is 1060. The number of pyridine rings is 1. The van der Waals surface area contributed by atoms with E-state index in [1.165, 1.54) is 6.07 Å². The number of nitrogens with zero attached hydrogens (tertiary/aromatic N) is 1. The van der Waals surface area contributed by atoms with Gasteiger partial charge in [-0.1, -0.05) is 24.3 Å². The number of alkyl halides is 3. The van der Waals surface area contributed by atoms with Crippen LogP contribution in [0, 0.1) is 6.92 Å². The van der Waals surface area contributed by atoms with Crippen molar-refractivity contribution in [2.45, 2.75) is 25.9 Å². The van der Waals surface area contributed by atoms with Gasteiger partial charge in [0.15, 0.2) is 0 Å². The summed E-state index contributed by atoms with van der Waals surface area (Å²) in [7, 11) is 0. The van der Waals surface area contributed by atoms with Crippen LogP contribution in [0.2, 0.25) is 0 Å². The molecule has 2 aromatic carbocycles. The summed E-state index contributed by atoms with van der Waals surface area (Å²) in [6, 6.07) is 14.3. The number of nitrogens with one attached hydrogen (secondary N) is 1. The molecular formula is C24H23F3N2O2. The lowest BCUT2D eigenvalue weighted by Gasteiger charge is -2.11. The molecule has 0 aliphatic carbocycles. The van der Waals surface area contributed by atoms with Crippen molar-refractivity contribution >= 4 is 5.91 Å². The SMILES string of the molecule is Cc1cc(-c2cc(Cc3cccc(C(F)(F)F)c3)ccn2)ccc1C(=O)NCCCO. The Balaban J connectivity index is 1.79. The number of aliphatic hydroxyl groups is 1. The Hall–Kier alpha value is -3.19. The molecule has 0 spiro atoms. The molecule has 0 unspecified atom stereocenters. The molecule has 3 rings (SSSR count). The summed E-state index contributed by atoms with van der Waals surface area (Å²) < 4.78 is 38.9. The highest BCUT2D eigenvalue weighted by atomic mass is 19.4. The molecule has 0 fully saturated rings. The highest BCUT2D eigenvalue weighted by Crippen LogP contribution is 2.30. The molecule has 1 heterocycles. The molecule has 4 nitrogen and oxygen atoms in total. The second kappa shape index (κ2) is 9.75. The molecule has 0 radical (unpaired) electrons. The van der Waals surface area contributed by atoms with Crippen molar-refractivity contribution in [2.24, 2.45) is 0 Å². The molecule has 31 heavy (non-hydrogen) atoms. The molecule has 1 aromatic heterocycles. The predicted octanol–water partition coefficient (Wildman–Crippen LogP) is 4.78. The summed E-state index contributed by atoms with van der Waals surface area (Å²) in [5, 5.41) is 11.6. The first kappa shape index (κ1) is 22.5. The third-order valence-electron chi connectivity index (χ3n) is 4.87. The van der Waals surface area contributed by atoms with Gasteiger partial charge in [-0.05, 0) is 66.8 Å². The lowest BCUT2D eigenvalue weighted by molar-refractivity contribution is -0.137. The van der Waals surface area contributed by atoms with Gasteiger partial charge in [-0.3, -0.25) is 9.78 Å². The summed E-state index contributed by atoms with van der Waals surface area (Å²) in [6.45, 7) is 2.24. The molecule has 0 aliphatic heterocycles. The molecule has 3 aromatic rings. The molecule has 2 N–H and O–H groups in total. The van der Waals surface area contributed by atoms with Gasteiger partial charge >= 0.3 is 6.18 Å². The molecule has 1 amide bonds. The van der Waals surface area contributed by atoms with Crippen LogP contribution in [0.15, 0.2) is 60.8 Å². The van der Waals surface area contributed by atoms with E-state index in [1.54, 1.807) is 30.5 Å². The summed E-state index contributed by atoms with van der Waals surface area (Å²) >= 11 is 0. The number of benzene rings is 2. The summed E-state index contributed by atoms with van der Waals surface area (Å²) in [4.78, 5) is 16.6. The fourth-order valence-corrected chi connectivity index (χ4v) is 3.29. The number of aryl methyl sites for hydroxylation is 1. The number of aliphatic hydroxyl groups excluding tert-OH is 1. The number of hydrogen-bond acceptors (Lipinski definition) is 3. The van der Waals surface area contributed by atoms with Gasteiger partial charge in [-0.25, -0.2) is 0 Å². The molecular weight excluding hydrogens is 405 g/mol. The smallest absolute Gasteiger partial charge is 0.396 e. The number of amides is 1. The number of carbonyl (C=O) groups excluding carboxylic acids is 1. The standard InChI is InChI=1S/C24H23F3N2O2/c1-16-12-19(6-7-21(16)23(31)29-9-3-11-30)22-15-18(8-10-28-22)13-17-4-2-5-20(14-17)24(25,26)27/h2,4-8,10,12,14-15,30H,3,9,11,13H2,1H3,(H,29,31). The Morgan fingerprint density at radius 1 is 1.06 bits per heavy atom. The van der Waals surface area contributed by atoms with E-state index < -0.39 is 11.7 Å². The van der Waals surface area contributed by atoms with Crippen LogP contribution < -0.4 is 5.32 Å². The van der Waals surface area contributed by atoms with Gasteiger partial charge in [0, 0.05) is 30.5 Å². The molecule has 0 bridgehead atoms.